The number of aryl methyl sites for hydroxylation is 1. The standard InChI is InChI=1S/C22H25N3O5S/c1-23-15-18(17-6-4-5-7-19(17)23)22(26)24-10-12-25(13-11-24)31(27,28)16-8-9-20(29-2)21(14-16)30-3/h4-9,14-15H,10-13H2,1-3H3. The van der Waals surface area contributed by atoms with E-state index in [1.54, 1.807) is 11.0 Å². The van der Waals surface area contributed by atoms with E-state index >= 15 is 0 Å². The number of nitrogens with zero attached hydrogens (tertiary/aromatic N) is 3. The van der Waals surface area contributed by atoms with Gasteiger partial charge in [-0.05, 0) is 18.2 Å². The van der Waals surface area contributed by atoms with Crippen LogP contribution in [0, 0.1) is 0 Å². The predicted molar refractivity (Wildman–Crippen MR) is 117 cm³/mol. The first kappa shape index (κ1) is 21.2. The third-order valence-corrected chi connectivity index (χ3v) is 7.54. The molecule has 1 saturated heterocycles. The number of piperazine rings is 1. The van der Waals surface area contributed by atoms with Crippen molar-refractivity contribution in [2.24, 2.45) is 7.05 Å². The van der Waals surface area contributed by atoms with Gasteiger partial charge in [0.1, 0.15) is 0 Å². The highest BCUT2D eigenvalue weighted by Crippen LogP contribution is 2.31. The number of para-hydroxylation sites is 1. The molecule has 9 heteroatoms. The zero-order valence-corrected chi connectivity index (χ0v) is 18.6. The van der Waals surface area contributed by atoms with Crippen LogP contribution in [0.2, 0.25) is 0 Å². The summed E-state index contributed by atoms with van der Waals surface area (Å²) in [5.41, 5.74) is 1.62. The smallest absolute Gasteiger partial charge is 0.256 e. The molecule has 0 unspecified atom stereocenters. The van der Waals surface area contributed by atoms with Crippen LogP contribution in [-0.2, 0) is 17.1 Å². The molecular formula is C22H25N3O5S. The number of carbonyl (C=O) groups excluding carboxylic acids is 1. The molecule has 3 aromatic rings. The number of ether oxygens (including phenoxy) is 2. The second-order valence-electron chi connectivity index (χ2n) is 7.38. The number of sulfonamides is 1. The van der Waals surface area contributed by atoms with Gasteiger partial charge < -0.3 is 18.9 Å². The summed E-state index contributed by atoms with van der Waals surface area (Å²) in [6.07, 6.45) is 1.83. The van der Waals surface area contributed by atoms with Crippen molar-refractivity contribution in [2.75, 3.05) is 40.4 Å². The minimum absolute atomic E-state index is 0.0834. The fourth-order valence-electron chi connectivity index (χ4n) is 3.94. The largest absolute Gasteiger partial charge is 0.493 e. The Morgan fingerprint density at radius 2 is 1.61 bits per heavy atom. The maximum atomic E-state index is 13.1. The number of rotatable bonds is 5. The van der Waals surface area contributed by atoms with Gasteiger partial charge in [0.15, 0.2) is 11.5 Å². The first-order valence-electron chi connectivity index (χ1n) is 9.92. The molecule has 1 aliphatic rings. The lowest BCUT2D eigenvalue weighted by atomic mass is 10.1. The molecule has 0 bridgehead atoms. The molecule has 4 rings (SSSR count). The fraction of sp³-hybridized carbons (Fsp3) is 0.318. The second kappa shape index (κ2) is 8.24. The van der Waals surface area contributed by atoms with E-state index in [0.717, 1.165) is 10.9 Å². The van der Waals surface area contributed by atoms with Gasteiger partial charge in [0, 0.05) is 56.4 Å². The molecule has 1 fully saturated rings. The van der Waals surface area contributed by atoms with E-state index in [9.17, 15) is 13.2 Å². The molecular weight excluding hydrogens is 418 g/mol. The molecule has 2 heterocycles. The summed E-state index contributed by atoms with van der Waals surface area (Å²) < 4.78 is 40.0. The maximum absolute atomic E-state index is 13.1. The Labute approximate surface area is 181 Å². The van der Waals surface area contributed by atoms with Crippen LogP contribution >= 0.6 is 0 Å². The normalized spacial score (nSPS) is 15.3. The summed E-state index contributed by atoms with van der Waals surface area (Å²) >= 11 is 0. The lowest BCUT2D eigenvalue weighted by Gasteiger charge is -2.34. The first-order valence-corrected chi connectivity index (χ1v) is 11.4. The molecule has 0 atom stereocenters. The SMILES string of the molecule is COc1ccc(S(=O)(=O)N2CCN(C(=O)c3cn(C)c4ccccc34)CC2)cc1OC. The van der Waals surface area contributed by atoms with E-state index in [1.165, 1.54) is 30.7 Å². The quantitative estimate of drug-likeness (QED) is 0.605. The van der Waals surface area contributed by atoms with Crippen molar-refractivity contribution in [3.8, 4) is 11.5 Å². The van der Waals surface area contributed by atoms with Crippen molar-refractivity contribution in [3.63, 3.8) is 0 Å². The van der Waals surface area contributed by atoms with Gasteiger partial charge in [0.25, 0.3) is 5.91 Å². The summed E-state index contributed by atoms with van der Waals surface area (Å²) in [4.78, 5) is 15.0. The summed E-state index contributed by atoms with van der Waals surface area (Å²) in [7, 11) is 1.16. The Hall–Kier alpha value is -3.04. The molecule has 1 amide bonds. The highest BCUT2D eigenvalue weighted by Gasteiger charge is 2.31. The van der Waals surface area contributed by atoms with Gasteiger partial charge in [0.2, 0.25) is 10.0 Å². The van der Waals surface area contributed by atoms with Crippen LogP contribution in [0.5, 0.6) is 11.5 Å². The van der Waals surface area contributed by atoms with Gasteiger partial charge in [-0.2, -0.15) is 4.31 Å². The van der Waals surface area contributed by atoms with Crippen LogP contribution in [0.25, 0.3) is 10.9 Å². The first-order chi connectivity index (χ1) is 14.9. The third-order valence-electron chi connectivity index (χ3n) is 5.65. The molecule has 2 aromatic carbocycles. The molecule has 164 valence electrons. The van der Waals surface area contributed by atoms with Crippen LogP contribution in [0.3, 0.4) is 0 Å². The molecule has 31 heavy (non-hydrogen) atoms. The fourth-order valence-corrected chi connectivity index (χ4v) is 5.38. The van der Waals surface area contributed by atoms with Crippen LogP contribution in [-0.4, -0.2) is 68.5 Å². The molecule has 1 aromatic heterocycles. The maximum Gasteiger partial charge on any atom is 0.256 e. The number of methoxy groups -OCH3 is 2. The lowest BCUT2D eigenvalue weighted by Crippen LogP contribution is -2.50. The van der Waals surface area contributed by atoms with E-state index in [1.807, 2.05) is 42.1 Å². The molecule has 0 aliphatic carbocycles. The molecule has 0 spiro atoms. The Morgan fingerprint density at radius 3 is 2.29 bits per heavy atom. The number of carbonyl (C=O) groups is 1. The van der Waals surface area contributed by atoms with Crippen molar-refractivity contribution in [2.45, 2.75) is 4.90 Å². The van der Waals surface area contributed by atoms with Gasteiger partial charge in [0.05, 0.1) is 24.7 Å². The van der Waals surface area contributed by atoms with Crippen molar-refractivity contribution in [3.05, 3.63) is 54.2 Å². The number of hydrogen-bond acceptors (Lipinski definition) is 5. The Kier molecular flexibility index (Phi) is 5.63. The number of hydrogen-bond donors (Lipinski definition) is 0. The number of amides is 1. The van der Waals surface area contributed by atoms with E-state index in [2.05, 4.69) is 0 Å². The van der Waals surface area contributed by atoms with Crippen LogP contribution in [0.4, 0.5) is 0 Å². The average Bonchev–Trinajstić information content (AvgIpc) is 3.14. The number of aromatic nitrogens is 1. The molecule has 8 nitrogen and oxygen atoms in total. The zero-order valence-electron chi connectivity index (χ0n) is 17.7. The van der Waals surface area contributed by atoms with Crippen LogP contribution in [0.1, 0.15) is 10.4 Å². The highest BCUT2D eigenvalue weighted by atomic mass is 32.2. The molecule has 0 N–H and O–H groups in total. The minimum atomic E-state index is -3.71. The second-order valence-corrected chi connectivity index (χ2v) is 9.32. The number of fused-ring (bicyclic) bond motifs is 1. The van der Waals surface area contributed by atoms with E-state index in [-0.39, 0.29) is 23.9 Å². The van der Waals surface area contributed by atoms with E-state index in [4.69, 9.17) is 9.47 Å². The minimum Gasteiger partial charge on any atom is -0.493 e. The Morgan fingerprint density at radius 1 is 0.935 bits per heavy atom. The van der Waals surface area contributed by atoms with Crippen LogP contribution in [0.15, 0.2) is 53.6 Å². The molecule has 0 saturated carbocycles. The average molecular weight is 444 g/mol. The van der Waals surface area contributed by atoms with Crippen molar-refractivity contribution in [1.82, 2.24) is 13.8 Å². The molecule has 1 aliphatic heterocycles. The van der Waals surface area contributed by atoms with Crippen molar-refractivity contribution >= 4 is 26.8 Å². The van der Waals surface area contributed by atoms with Gasteiger partial charge in [-0.15, -0.1) is 0 Å². The summed E-state index contributed by atoms with van der Waals surface area (Å²) in [5.74, 6) is 0.736. The van der Waals surface area contributed by atoms with Crippen LogP contribution < -0.4 is 9.47 Å². The topological polar surface area (TPSA) is 81.1 Å². The highest BCUT2D eigenvalue weighted by molar-refractivity contribution is 7.89. The van der Waals surface area contributed by atoms with Gasteiger partial charge >= 0.3 is 0 Å². The summed E-state index contributed by atoms with van der Waals surface area (Å²) in [6.45, 7) is 1.11. The molecule has 0 radical (unpaired) electrons. The monoisotopic (exact) mass is 443 g/mol. The Bertz CT molecular complexity index is 1230. The predicted octanol–water partition coefficient (Wildman–Crippen LogP) is 2.34. The van der Waals surface area contributed by atoms with Crippen molar-refractivity contribution in [1.29, 1.82) is 0 Å². The summed E-state index contributed by atoms with van der Waals surface area (Å²) in [5, 5.41) is 0.898. The zero-order chi connectivity index (χ0) is 22.2. The Balaban J connectivity index is 1.51. The van der Waals surface area contributed by atoms with Gasteiger partial charge in [-0.3, -0.25) is 4.79 Å². The van der Waals surface area contributed by atoms with E-state index < -0.39 is 10.0 Å². The van der Waals surface area contributed by atoms with Gasteiger partial charge in [-0.1, -0.05) is 18.2 Å². The van der Waals surface area contributed by atoms with Gasteiger partial charge in [-0.25, -0.2) is 8.42 Å². The van der Waals surface area contributed by atoms with Crippen molar-refractivity contribution < 1.29 is 22.7 Å². The third kappa shape index (κ3) is 3.75. The number of benzene rings is 2. The van der Waals surface area contributed by atoms with E-state index in [0.29, 0.717) is 30.2 Å². The summed E-state index contributed by atoms with van der Waals surface area (Å²) in [6, 6.07) is 12.3. The lowest BCUT2D eigenvalue weighted by molar-refractivity contribution is 0.0699.